The summed E-state index contributed by atoms with van der Waals surface area (Å²) in [6, 6.07) is 4.90. The van der Waals surface area contributed by atoms with Crippen LogP contribution in [-0.4, -0.2) is 28.4 Å². The second-order valence-electron chi connectivity index (χ2n) is 6.57. The van der Waals surface area contributed by atoms with Gasteiger partial charge in [0.05, 0.1) is 28.1 Å². The summed E-state index contributed by atoms with van der Waals surface area (Å²) in [6.07, 6.45) is 4.47. The van der Waals surface area contributed by atoms with Crippen molar-refractivity contribution in [3.63, 3.8) is 0 Å². The Morgan fingerprint density at radius 3 is 2.62 bits per heavy atom. The average Bonchev–Trinajstić information content (AvgIpc) is 3.28. The van der Waals surface area contributed by atoms with Gasteiger partial charge in [-0.2, -0.15) is 0 Å². The minimum absolute atomic E-state index is 0.0781. The molecule has 7 nitrogen and oxygen atoms in total. The van der Waals surface area contributed by atoms with Gasteiger partial charge in [0.1, 0.15) is 0 Å². The molecule has 0 saturated heterocycles. The number of anilines is 1. The Labute approximate surface area is 154 Å². The van der Waals surface area contributed by atoms with Gasteiger partial charge in [0.15, 0.2) is 5.76 Å². The number of carbonyl (C=O) groups is 3. The van der Waals surface area contributed by atoms with Crippen molar-refractivity contribution in [2.24, 2.45) is 0 Å². The van der Waals surface area contributed by atoms with E-state index in [0.717, 1.165) is 29.7 Å². The molecule has 0 aliphatic heterocycles. The van der Waals surface area contributed by atoms with Crippen molar-refractivity contribution >= 4 is 34.1 Å². The first-order valence-electron chi connectivity index (χ1n) is 8.38. The lowest BCUT2D eigenvalue weighted by Gasteiger charge is -2.28. The molecule has 1 saturated carbocycles. The smallest absolute Gasteiger partial charge is 0.305 e. The third kappa shape index (κ3) is 3.96. The van der Waals surface area contributed by atoms with Gasteiger partial charge < -0.3 is 20.2 Å². The zero-order valence-electron chi connectivity index (χ0n) is 14.3. The summed E-state index contributed by atoms with van der Waals surface area (Å²) >= 11 is 1.16. The van der Waals surface area contributed by atoms with Gasteiger partial charge in [-0.05, 0) is 43.5 Å². The average molecular weight is 376 g/mol. The Kier molecular flexibility index (Phi) is 5.13. The first-order valence-corrected chi connectivity index (χ1v) is 9.20. The summed E-state index contributed by atoms with van der Waals surface area (Å²) in [7, 11) is 0. The highest BCUT2D eigenvalue weighted by Gasteiger charge is 2.38. The van der Waals surface area contributed by atoms with Crippen LogP contribution in [0.25, 0.3) is 0 Å². The minimum atomic E-state index is -0.915. The fraction of sp³-hybridized carbons (Fsp3) is 0.389. The summed E-state index contributed by atoms with van der Waals surface area (Å²) in [4.78, 5) is 36.4. The van der Waals surface area contributed by atoms with Gasteiger partial charge >= 0.3 is 5.97 Å². The van der Waals surface area contributed by atoms with Crippen molar-refractivity contribution in [1.82, 2.24) is 5.32 Å². The van der Waals surface area contributed by atoms with Gasteiger partial charge in [-0.3, -0.25) is 14.4 Å². The zero-order chi connectivity index (χ0) is 18.7. The van der Waals surface area contributed by atoms with Crippen molar-refractivity contribution < 1.29 is 23.9 Å². The predicted molar refractivity (Wildman–Crippen MR) is 96.6 cm³/mol. The summed E-state index contributed by atoms with van der Waals surface area (Å²) in [5.74, 6) is -1.41. The van der Waals surface area contributed by atoms with Gasteiger partial charge in [-0.15, -0.1) is 11.3 Å². The third-order valence-corrected chi connectivity index (χ3v) is 5.69. The van der Waals surface area contributed by atoms with Crippen molar-refractivity contribution in [3.8, 4) is 0 Å². The molecule has 0 atom stereocenters. The van der Waals surface area contributed by atoms with Crippen molar-refractivity contribution in [1.29, 1.82) is 0 Å². The number of hydrogen-bond acceptors (Lipinski definition) is 5. The number of nitrogens with one attached hydrogen (secondary N) is 2. The Hall–Kier alpha value is -2.61. The van der Waals surface area contributed by atoms with E-state index in [4.69, 9.17) is 9.52 Å². The van der Waals surface area contributed by atoms with E-state index in [0.29, 0.717) is 22.7 Å². The highest BCUT2D eigenvalue weighted by molar-refractivity contribution is 7.18. The fourth-order valence-electron chi connectivity index (χ4n) is 3.34. The zero-order valence-corrected chi connectivity index (χ0v) is 15.1. The molecule has 8 heteroatoms. The number of carboxylic acid groups (broad SMARTS) is 1. The molecule has 2 heterocycles. The van der Waals surface area contributed by atoms with Gasteiger partial charge in [-0.1, -0.05) is 12.8 Å². The molecule has 0 bridgehead atoms. The van der Waals surface area contributed by atoms with E-state index in [1.54, 1.807) is 25.1 Å². The molecule has 2 aromatic heterocycles. The lowest BCUT2D eigenvalue weighted by Crippen LogP contribution is -2.47. The van der Waals surface area contributed by atoms with E-state index in [2.05, 4.69) is 10.6 Å². The lowest BCUT2D eigenvalue weighted by molar-refractivity contribution is -0.138. The van der Waals surface area contributed by atoms with Crippen LogP contribution in [0.3, 0.4) is 0 Å². The molecule has 2 aromatic rings. The number of carbonyl (C=O) groups excluding carboxylic acids is 2. The lowest BCUT2D eigenvalue weighted by atomic mass is 9.93. The monoisotopic (exact) mass is 376 g/mol. The number of rotatable bonds is 6. The van der Waals surface area contributed by atoms with E-state index < -0.39 is 11.5 Å². The van der Waals surface area contributed by atoms with E-state index in [-0.39, 0.29) is 24.0 Å². The van der Waals surface area contributed by atoms with E-state index >= 15 is 0 Å². The number of carboxylic acids is 1. The molecule has 3 N–H and O–H groups in total. The van der Waals surface area contributed by atoms with E-state index in [9.17, 15) is 14.4 Å². The van der Waals surface area contributed by atoms with E-state index in [1.165, 1.54) is 6.26 Å². The molecule has 1 fully saturated rings. The molecule has 3 rings (SSSR count). The first-order chi connectivity index (χ1) is 12.4. The maximum absolute atomic E-state index is 12.7. The topological polar surface area (TPSA) is 109 Å². The van der Waals surface area contributed by atoms with Crippen molar-refractivity contribution in [2.45, 2.75) is 44.6 Å². The molecule has 0 unspecified atom stereocenters. The summed E-state index contributed by atoms with van der Waals surface area (Å²) in [5.41, 5.74) is 0.0439. The first kappa shape index (κ1) is 18.2. The van der Waals surface area contributed by atoms with Crippen LogP contribution in [0.2, 0.25) is 0 Å². The largest absolute Gasteiger partial charge is 0.481 e. The summed E-state index contributed by atoms with van der Waals surface area (Å²) in [5, 5.41) is 15.3. The van der Waals surface area contributed by atoms with Crippen LogP contribution in [0, 0.1) is 6.92 Å². The molecular weight excluding hydrogens is 356 g/mol. The molecule has 26 heavy (non-hydrogen) atoms. The number of amides is 2. The third-order valence-electron chi connectivity index (χ3n) is 4.53. The number of furan rings is 1. The number of hydrogen-bond donors (Lipinski definition) is 3. The van der Waals surface area contributed by atoms with Crippen LogP contribution in [0.15, 0.2) is 28.9 Å². The molecule has 0 aromatic carbocycles. The molecule has 2 amide bonds. The normalized spacial score (nSPS) is 15.6. The van der Waals surface area contributed by atoms with Gasteiger partial charge in [-0.25, -0.2) is 0 Å². The second-order valence-corrected chi connectivity index (χ2v) is 7.62. The van der Waals surface area contributed by atoms with E-state index in [1.807, 2.05) is 0 Å². The highest BCUT2D eigenvalue weighted by Crippen LogP contribution is 2.34. The fourth-order valence-corrected chi connectivity index (χ4v) is 4.30. The maximum atomic E-state index is 12.7. The Morgan fingerprint density at radius 1 is 1.27 bits per heavy atom. The van der Waals surface area contributed by atoms with Crippen molar-refractivity contribution in [3.05, 3.63) is 40.7 Å². The van der Waals surface area contributed by atoms with Crippen LogP contribution >= 0.6 is 11.3 Å². The summed E-state index contributed by atoms with van der Waals surface area (Å²) in [6.45, 7) is 1.78. The van der Waals surface area contributed by atoms with Gasteiger partial charge in [0, 0.05) is 0 Å². The Balaban J connectivity index is 1.72. The minimum Gasteiger partial charge on any atom is -0.481 e. The van der Waals surface area contributed by atoms with Crippen LogP contribution in [-0.2, 0) is 4.79 Å². The van der Waals surface area contributed by atoms with Crippen molar-refractivity contribution in [2.75, 3.05) is 5.32 Å². The van der Waals surface area contributed by atoms with Crippen LogP contribution < -0.4 is 10.6 Å². The maximum Gasteiger partial charge on any atom is 0.305 e. The number of thiophene rings is 1. The van der Waals surface area contributed by atoms with Crippen LogP contribution in [0.4, 0.5) is 5.00 Å². The highest BCUT2D eigenvalue weighted by atomic mass is 32.1. The SMILES string of the molecule is Cc1cc(NC(=O)c2ccco2)sc1C(=O)NC1(CC(=O)O)CCCC1. The standard InChI is InChI=1S/C18H20N2O5S/c1-11-9-13(19-16(23)12-5-4-8-25-12)26-15(11)17(24)20-18(10-14(21)22)6-2-3-7-18/h4-5,8-9H,2-3,6-7,10H2,1H3,(H,19,23)(H,20,24)(H,21,22). The molecular formula is C18H20N2O5S. The molecule has 0 radical (unpaired) electrons. The molecule has 138 valence electrons. The van der Waals surface area contributed by atoms with Crippen LogP contribution in [0.5, 0.6) is 0 Å². The summed E-state index contributed by atoms with van der Waals surface area (Å²) < 4.78 is 5.05. The quantitative estimate of drug-likeness (QED) is 0.716. The number of aryl methyl sites for hydroxylation is 1. The van der Waals surface area contributed by atoms with Crippen LogP contribution in [0.1, 0.15) is 57.9 Å². The van der Waals surface area contributed by atoms with Gasteiger partial charge in [0.25, 0.3) is 11.8 Å². The predicted octanol–water partition coefficient (Wildman–Crippen LogP) is 3.42. The molecule has 1 aliphatic carbocycles. The molecule has 1 aliphatic rings. The number of aliphatic carboxylic acids is 1. The van der Waals surface area contributed by atoms with Gasteiger partial charge in [0.2, 0.25) is 0 Å². The second kappa shape index (κ2) is 7.33. The Bertz CT molecular complexity index is 819. The Morgan fingerprint density at radius 2 is 2.00 bits per heavy atom. The molecule has 0 spiro atoms.